The van der Waals surface area contributed by atoms with Crippen LogP contribution in [0.4, 0.5) is 0 Å². The van der Waals surface area contributed by atoms with E-state index in [1.165, 1.54) is 19.3 Å². The molecule has 0 aliphatic rings. The van der Waals surface area contributed by atoms with E-state index in [2.05, 4.69) is 12.8 Å². The third-order valence-electron chi connectivity index (χ3n) is 2.76. The van der Waals surface area contributed by atoms with Crippen molar-refractivity contribution in [1.82, 2.24) is 0 Å². The van der Waals surface area contributed by atoms with Gasteiger partial charge in [0.25, 0.3) is 0 Å². The summed E-state index contributed by atoms with van der Waals surface area (Å²) >= 11 is 0. The molecule has 0 amide bonds. The predicted octanol–water partition coefficient (Wildman–Crippen LogP) is 2.68. The van der Waals surface area contributed by atoms with Crippen molar-refractivity contribution in [3.05, 3.63) is 0 Å². The van der Waals surface area contributed by atoms with Crippen molar-refractivity contribution in [2.75, 3.05) is 0 Å². The number of hydrogen-bond acceptors (Lipinski definition) is 2. The maximum absolute atomic E-state index is 9.81. The molecule has 0 rings (SSSR count). The van der Waals surface area contributed by atoms with E-state index in [4.69, 9.17) is 5.11 Å². The minimum absolute atomic E-state index is 0.110. The molecule has 0 saturated carbocycles. The van der Waals surface area contributed by atoms with E-state index in [1.54, 1.807) is 13.0 Å². The second-order valence-corrected chi connectivity index (χ2v) is 4.13. The van der Waals surface area contributed by atoms with Gasteiger partial charge in [-0.1, -0.05) is 39.5 Å². The van der Waals surface area contributed by atoms with Crippen molar-refractivity contribution >= 4 is 0 Å². The van der Waals surface area contributed by atoms with Gasteiger partial charge >= 0.3 is 0 Å². The molecule has 2 N–H and O–H groups in total. The Bertz CT molecular complexity index is 198. The van der Waals surface area contributed by atoms with Crippen LogP contribution in [0.2, 0.25) is 0 Å². The van der Waals surface area contributed by atoms with Crippen LogP contribution in [0.1, 0.15) is 52.9 Å². The van der Waals surface area contributed by atoms with Gasteiger partial charge in [-0.25, -0.2) is 0 Å². The molecule has 2 heteroatoms. The van der Waals surface area contributed by atoms with Crippen LogP contribution in [0.15, 0.2) is 0 Å². The SMILES string of the molecule is CCCCCCC(C)C(C)(O)C#CO. The first-order chi connectivity index (χ1) is 6.54. The fourth-order valence-electron chi connectivity index (χ4n) is 1.39. The maximum atomic E-state index is 9.81. The van der Waals surface area contributed by atoms with Crippen LogP contribution in [-0.4, -0.2) is 15.8 Å². The summed E-state index contributed by atoms with van der Waals surface area (Å²) in [6.07, 6.45) is 7.56. The molecule has 0 heterocycles. The van der Waals surface area contributed by atoms with Gasteiger partial charge in [0.1, 0.15) is 11.7 Å². The first kappa shape index (κ1) is 13.3. The van der Waals surface area contributed by atoms with Crippen LogP contribution in [0.5, 0.6) is 0 Å². The highest BCUT2D eigenvalue weighted by Crippen LogP contribution is 2.22. The van der Waals surface area contributed by atoms with Gasteiger partial charge in [0.15, 0.2) is 0 Å². The van der Waals surface area contributed by atoms with E-state index >= 15 is 0 Å². The van der Waals surface area contributed by atoms with Crippen molar-refractivity contribution < 1.29 is 10.2 Å². The molecular weight excluding hydrogens is 176 g/mol. The molecule has 0 aliphatic carbocycles. The third-order valence-corrected chi connectivity index (χ3v) is 2.76. The van der Waals surface area contributed by atoms with Crippen molar-refractivity contribution in [2.45, 2.75) is 58.5 Å². The number of unbranched alkanes of at least 4 members (excludes halogenated alkanes) is 3. The van der Waals surface area contributed by atoms with E-state index < -0.39 is 5.60 Å². The Morgan fingerprint density at radius 1 is 1.29 bits per heavy atom. The van der Waals surface area contributed by atoms with E-state index in [1.807, 2.05) is 6.92 Å². The van der Waals surface area contributed by atoms with Crippen molar-refractivity contribution in [3.8, 4) is 12.0 Å². The molecular formula is C12H22O2. The second-order valence-electron chi connectivity index (χ2n) is 4.13. The Morgan fingerprint density at radius 2 is 1.93 bits per heavy atom. The average molecular weight is 198 g/mol. The lowest BCUT2D eigenvalue weighted by molar-refractivity contribution is 0.0582. The Morgan fingerprint density at radius 3 is 2.43 bits per heavy atom. The lowest BCUT2D eigenvalue weighted by atomic mass is 9.87. The maximum Gasteiger partial charge on any atom is 0.128 e. The quantitative estimate of drug-likeness (QED) is 0.509. The van der Waals surface area contributed by atoms with Gasteiger partial charge in [0, 0.05) is 0 Å². The second kappa shape index (κ2) is 6.73. The van der Waals surface area contributed by atoms with Crippen molar-refractivity contribution in [2.24, 2.45) is 5.92 Å². The Hall–Kier alpha value is -0.680. The van der Waals surface area contributed by atoms with Crippen LogP contribution in [0, 0.1) is 17.9 Å². The Labute approximate surface area is 87.3 Å². The summed E-state index contributed by atoms with van der Waals surface area (Å²) in [7, 11) is 0. The molecule has 0 aromatic carbocycles. The number of aliphatic hydroxyl groups is 2. The Kier molecular flexibility index (Phi) is 6.40. The standard InChI is InChI=1S/C12H22O2/c1-4-5-6-7-8-11(2)12(3,14)9-10-13/h11,13-14H,4-8H2,1-3H3. The topological polar surface area (TPSA) is 40.5 Å². The summed E-state index contributed by atoms with van der Waals surface area (Å²) in [4.78, 5) is 0. The average Bonchev–Trinajstić information content (AvgIpc) is 2.12. The molecule has 0 saturated heterocycles. The largest absolute Gasteiger partial charge is 0.462 e. The van der Waals surface area contributed by atoms with Gasteiger partial charge in [-0.15, -0.1) is 0 Å². The first-order valence-corrected chi connectivity index (χ1v) is 5.43. The summed E-state index contributed by atoms with van der Waals surface area (Å²) in [6, 6.07) is 0. The highest BCUT2D eigenvalue weighted by atomic mass is 16.3. The van der Waals surface area contributed by atoms with Crippen LogP contribution in [0.25, 0.3) is 0 Å². The highest BCUT2D eigenvalue weighted by Gasteiger charge is 2.25. The zero-order chi connectivity index (χ0) is 11.0. The van der Waals surface area contributed by atoms with Crippen LogP contribution in [0.3, 0.4) is 0 Å². The highest BCUT2D eigenvalue weighted by molar-refractivity contribution is 5.09. The van der Waals surface area contributed by atoms with E-state index in [-0.39, 0.29) is 5.92 Å². The molecule has 0 aromatic rings. The molecule has 2 nitrogen and oxygen atoms in total. The number of hydrogen-bond donors (Lipinski definition) is 2. The zero-order valence-electron chi connectivity index (χ0n) is 9.51. The minimum Gasteiger partial charge on any atom is -0.462 e. The summed E-state index contributed by atoms with van der Waals surface area (Å²) in [5, 5.41) is 18.2. The lowest BCUT2D eigenvalue weighted by Gasteiger charge is -2.24. The van der Waals surface area contributed by atoms with Gasteiger partial charge in [-0.2, -0.15) is 0 Å². The van der Waals surface area contributed by atoms with E-state index in [0.717, 1.165) is 12.8 Å². The first-order valence-electron chi connectivity index (χ1n) is 5.43. The monoisotopic (exact) mass is 198 g/mol. The molecule has 82 valence electrons. The third kappa shape index (κ3) is 5.14. The molecule has 0 aliphatic heterocycles. The summed E-state index contributed by atoms with van der Waals surface area (Å²) in [5.74, 6) is 2.53. The molecule has 0 radical (unpaired) electrons. The molecule has 0 fully saturated rings. The fourth-order valence-corrected chi connectivity index (χ4v) is 1.39. The van der Waals surface area contributed by atoms with Crippen LogP contribution >= 0.6 is 0 Å². The molecule has 2 atom stereocenters. The summed E-state index contributed by atoms with van der Waals surface area (Å²) in [6.45, 7) is 5.80. The van der Waals surface area contributed by atoms with E-state index in [9.17, 15) is 5.11 Å². The van der Waals surface area contributed by atoms with Crippen LogP contribution in [-0.2, 0) is 0 Å². The number of aliphatic hydroxyl groups excluding tert-OH is 1. The molecule has 14 heavy (non-hydrogen) atoms. The molecule has 2 unspecified atom stereocenters. The normalized spacial score (nSPS) is 16.6. The fraction of sp³-hybridized carbons (Fsp3) is 0.833. The van der Waals surface area contributed by atoms with Gasteiger partial charge in [-0.3, -0.25) is 0 Å². The predicted molar refractivity (Wildman–Crippen MR) is 58.3 cm³/mol. The molecule has 0 aromatic heterocycles. The van der Waals surface area contributed by atoms with Gasteiger partial charge in [-0.05, 0) is 25.2 Å². The van der Waals surface area contributed by atoms with Crippen molar-refractivity contribution in [3.63, 3.8) is 0 Å². The van der Waals surface area contributed by atoms with Gasteiger partial charge < -0.3 is 10.2 Å². The minimum atomic E-state index is -1.05. The number of rotatable bonds is 6. The molecule has 0 bridgehead atoms. The zero-order valence-corrected chi connectivity index (χ0v) is 9.51. The summed E-state index contributed by atoms with van der Waals surface area (Å²) in [5.41, 5.74) is -1.05. The van der Waals surface area contributed by atoms with E-state index in [0.29, 0.717) is 0 Å². The summed E-state index contributed by atoms with van der Waals surface area (Å²) < 4.78 is 0. The van der Waals surface area contributed by atoms with Gasteiger partial charge in [0.05, 0.1) is 0 Å². The lowest BCUT2D eigenvalue weighted by Crippen LogP contribution is -2.30. The van der Waals surface area contributed by atoms with Crippen molar-refractivity contribution in [1.29, 1.82) is 0 Å². The molecule has 0 spiro atoms. The Balaban J connectivity index is 3.81. The van der Waals surface area contributed by atoms with Gasteiger partial charge in [0.2, 0.25) is 0 Å². The smallest absolute Gasteiger partial charge is 0.128 e. The van der Waals surface area contributed by atoms with Crippen LogP contribution < -0.4 is 0 Å².